The van der Waals surface area contributed by atoms with E-state index in [2.05, 4.69) is 11.8 Å². The van der Waals surface area contributed by atoms with Crippen LogP contribution in [-0.2, 0) is 0 Å². The van der Waals surface area contributed by atoms with E-state index in [1.54, 1.807) is 0 Å². The molecule has 94 valence electrons. The lowest BCUT2D eigenvalue weighted by atomic mass is 10.1. The highest BCUT2D eigenvalue weighted by Gasteiger charge is 2.29. The number of aliphatic hydroxyl groups is 1. The van der Waals surface area contributed by atoms with Crippen molar-refractivity contribution in [3.05, 3.63) is 35.9 Å². The van der Waals surface area contributed by atoms with E-state index >= 15 is 0 Å². The first-order chi connectivity index (χ1) is 8.20. The van der Waals surface area contributed by atoms with Crippen molar-refractivity contribution in [2.24, 2.45) is 11.7 Å². The van der Waals surface area contributed by atoms with Crippen LogP contribution in [0.1, 0.15) is 25.0 Å². The maximum atomic E-state index is 10.2. The Labute approximate surface area is 103 Å². The molecule has 0 bridgehead atoms. The Morgan fingerprint density at radius 2 is 2.12 bits per heavy atom. The zero-order valence-corrected chi connectivity index (χ0v) is 10.4. The Morgan fingerprint density at radius 3 is 2.71 bits per heavy atom. The maximum absolute atomic E-state index is 10.2. The van der Waals surface area contributed by atoms with Gasteiger partial charge in [-0.1, -0.05) is 30.3 Å². The second-order valence-electron chi connectivity index (χ2n) is 5.07. The van der Waals surface area contributed by atoms with Crippen molar-refractivity contribution in [1.29, 1.82) is 0 Å². The summed E-state index contributed by atoms with van der Waals surface area (Å²) in [4.78, 5) is 2.34. The average Bonchev–Trinajstić information content (AvgIpc) is 2.71. The summed E-state index contributed by atoms with van der Waals surface area (Å²) in [6.45, 7) is 4.69. The van der Waals surface area contributed by atoms with Gasteiger partial charge < -0.3 is 10.8 Å². The SMILES string of the molecule is CC1CC(CN)CN1CC(O)c1ccccc1. The van der Waals surface area contributed by atoms with Crippen LogP contribution >= 0.6 is 0 Å². The molecule has 3 nitrogen and oxygen atoms in total. The lowest BCUT2D eigenvalue weighted by Gasteiger charge is -2.24. The molecule has 1 aliphatic heterocycles. The van der Waals surface area contributed by atoms with Gasteiger partial charge in [0.15, 0.2) is 0 Å². The van der Waals surface area contributed by atoms with E-state index in [-0.39, 0.29) is 0 Å². The van der Waals surface area contributed by atoms with Crippen molar-refractivity contribution in [1.82, 2.24) is 4.90 Å². The number of aliphatic hydroxyl groups excluding tert-OH is 1. The molecule has 1 aliphatic rings. The fourth-order valence-corrected chi connectivity index (χ4v) is 2.65. The molecule has 1 aromatic rings. The zero-order chi connectivity index (χ0) is 12.3. The molecule has 3 N–H and O–H groups in total. The Morgan fingerprint density at radius 1 is 1.41 bits per heavy atom. The van der Waals surface area contributed by atoms with E-state index in [1.807, 2.05) is 30.3 Å². The highest BCUT2D eigenvalue weighted by Crippen LogP contribution is 2.25. The van der Waals surface area contributed by atoms with Crippen LogP contribution in [0.5, 0.6) is 0 Å². The molecule has 0 aliphatic carbocycles. The molecule has 0 saturated carbocycles. The van der Waals surface area contributed by atoms with Gasteiger partial charge in [0.25, 0.3) is 0 Å². The summed E-state index contributed by atoms with van der Waals surface area (Å²) in [7, 11) is 0. The van der Waals surface area contributed by atoms with Gasteiger partial charge >= 0.3 is 0 Å². The molecular weight excluding hydrogens is 212 g/mol. The highest BCUT2D eigenvalue weighted by atomic mass is 16.3. The first kappa shape index (κ1) is 12.6. The molecule has 17 heavy (non-hydrogen) atoms. The molecule has 0 aromatic heterocycles. The Hall–Kier alpha value is -0.900. The highest BCUT2D eigenvalue weighted by molar-refractivity contribution is 5.17. The Bertz CT molecular complexity index is 341. The van der Waals surface area contributed by atoms with Gasteiger partial charge in [-0.25, -0.2) is 0 Å². The van der Waals surface area contributed by atoms with Crippen LogP contribution in [0.2, 0.25) is 0 Å². The zero-order valence-electron chi connectivity index (χ0n) is 10.4. The molecule has 3 heteroatoms. The van der Waals surface area contributed by atoms with Crippen LogP contribution in [0, 0.1) is 5.92 Å². The van der Waals surface area contributed by atoms with Crippen molar-refractivity contribution in [2.45, 2.75) is 25.5 Å². The van der Waals surface area contributed by atoms with E-state index < -0.39 is 6.10 Å². The number of likely N-dealkylation sites (tertiary alicyclic amines) is 1. The van der Waals surface area contributed by atoms with Crippen LogP contribution < -0.4 is 5.73 Å². The van der Waals surface area contributed by atoms with E-state index in [9.17, 15) is 5.11 Å². The van der Waals surface area contributed by atoms with E-state index in [0.29, 0.717) is 18.5 Å². The minimum Gasteiger partial charge on any atom is -0.387 e. The second kappa shape index (κ2) is 5.63. The van der Waals surface area contributed by atoms with Crippen molar-refractivity contribution >= 4 is 0 Å². The topological polar surface area (TPSA) is 49.5 Å². The maximum Gasteiger partial charge on any atom is 0.0917 e. The smallest absolute Gasteiger partial charge is 0.0917 e. The largest absolute Gasteiger partial charge is 0.387 e. The summed E-state index contributed by atoms with van der Waals surface area (Å²) in [6.07, 6.45) is 0.757. The molecule has 1 heterocycles. The lowest BCUT2D eigenvalue weighted by molar-refractivity contribution is 0.108. The Balaban J connectivity index is 1.93. The van der Waals surface area contributed by atoms with E-state index in [1.165, 1.54) is 0 Å². The van der Waals surface area contributed by atoms with Crippen LogP contribution in [0.15, 0.2) is 30.3 Å². The molecular formula is C14H22N2O. The molecule has 1 aromatic carbocycles. The van der Waals surface area contributed by atoms with Crippen molar-refractivity contribution < 1.29 is 5.11 Å². The summed E-state index contributed by atoms with van der Waals surface area (Å²) in [6, 6.07) is 10.4. The van der Waals surface area contributed by atoms with Gasteiger partial charge in [-0.05, 0) is 31.4 Å². The van der Waals surface area contributed by atoms with Crippen LogP contribution in [0.4, 0.5) is 0 Å². The van der Waals surface area contributed by atoms with Crippen molar-refractivity contribution in [2.75, 3.05) is 19.6 Å². The first-order valence-electron chi connectivity index (χ1n) is 6.38. The third-order valence-electron chi connectivity index (χ3n) is 3.72. The molecule has 2 rings (SSSR count). The normalized spacial score (nSPS) is 27.2. The number of β-amino-alcohol motifs (C(OH)–C–C–N with tert-alkyl or cyclic N) is 1. The number of rotatable bonds is 4. The fraction of sp³-hybridized carbons (Fsp3) is 0.571. The van der Waals surface area contributed by atoms with Gasteiger partial charge in [0.05, 0.1) is 6.10 Å². The standard InChI is InChI=1S/C14H22N2O/c1-11-7-12(8-15)9-16(11)10-14(17)13-5-3-2-4-6-13/h2-6,11-12,14,17H,7-10,15H2,1H3. The van der Waals surface area contributed by atoms with Gasteiger partial charge in [0, 0.05) is 19.1 Å². The van der Waals surface area contributed by atoms with Crippen LogP contribution in [-0.4, -0.2) is 35.7 Å². The monoisotopic (exact) mass is 234 g/mol. The van der Waals surface area contributed by atoms with E-state index in [0.717, 1.165) is 25.1 Å². The number of nitrogens with zero attached hydrogens (tertiary/aromatic N) is 1. The summed E-state index contributed by atoms with van der Waals surface area (Å²) < 4.78 is 0. The summed E-state index contributed by atoms with van der Waals surface area (Å²) in [5.74, 6) is 0.591. The molecule has 0 amide bonds. The fourth-order valence-electron chi connectivity index (χ4n) is 2.65. The summed E-state index contributed by atoms with van der Waals surface area (Å²) in [5.41, 5.74) is 6.71. The van der Waals surface area contributed by atoms with Crippen LogP contribution in [0.3, 0.4) is 0 Å². The predicted molar refractivity (Wildman–Crippen MR) is 69.6 cm³/mol. The molecule has 1 saturated heterocycles. The summed E-state index contributed by atoms with van der Waals surface area (Å²) in [5, 5.41) is 10.2. The molecule has 0 spiro atoms. The third-order valence-corrected chi connectivity index (χ3v) is 3.72. The van der Waals surface area contributed by atoms with Gasteiger partial charge in [-0.3, -0.25) is 4.90 Å². The number of nitrogens with two attached hydrogens (primary N) is 1. The quantitative estimate of drug-likeness (QED) is 0.827. The van der Waals surface area contributed by atoms with E-state index in [4.69, 9.17) is 5.73 Å². The third kappa shape index (κ3) is 3.06. The number of benzene rings is 1. The molecule has 3 atom stereocenters. The van der Waals surface area contributed by atoms with Crippen molar-refractivity contribution in [3.8, 4) is 0 Å². The van der Waals surface area contributed by atoms with Gasteiger partial charge in [0.2, 0.25) is 0 Å². The average molecular weight is 234 g/mol. The minimum absolute atomic E-state index is 0.393. The van der Waals surface area contributed by atoms with Gasteiger partial charge in [-0.15, -0.1) is 0 Å². The predicted octanol–water partition coefficient (Wildman–Crippen LogP) is 1.39. The van der Waals surface area contributed by atoms with Gasteiger partial charge in [-0.2, -0.15) is 0 Å². The number of hydrogen-bond donors (Lipinski definition) is 2. The number of hydrogen-bond acceptors (Lipinski definition) is 3. The van der Waals surface area contributed by atoms with Gasteiger partial charge in [0.1, 0.15) is 0 Å². The Kier molecular flexibility index (Phi) is 4.15. The van der Waals surface area contributed by atoms with Crippen LogP contribution in [0.25, 0.3) is 0 Å². The van der Waals surface area contributed by atoms with Crippen molar-refractivity contribution in [3.63, 3.8) is 0 Å². The molecule has 3 unspecified atom stereocenters. The first-order valence-corrected chi connectivity index (χ1v) is 6.38. The molecule has 0 radical (unpaired) electrons. The minimum atomic E-state index is -0.393. The lowest BCUT2D eigenvalue weighted by Crippen LogP contribution is -2.32. The molecule has 1 fully saturated rings. The second-order valence-corrected chi connectivity index (χ2v) is 5.07. The summed E-state index contributed by atoms with van der Waals surface area (Å²) >= 11 is 0.